The summed E-state index contributed by atoms with van der Waals surface area (Å²) >= 11 is 0. The van der Waals surface area contributed by atoms with E-state index >= 15 is 0 Å². The largest absolute Gasteiger partial charge is 0.357 e. The highest BCUT2D eigenvalue weighted by Crippen LogP contribution is 2.39. The molecular formula is C24H25FN4. The highest BCUT2D eigenvalue weighted by atomic mass is 19.1. The monoisotopic (exact) mass is 388 g/mol. The molecule has 1 aliphatic heterocycles. The van der Waals surface area contributed by atoms with Gasteiger partial charge in [0.05, 0.1) is 11.7 Å². The summed E-state index contributed by atoms with van der Waals surface area (Å²) in [6, 6.07) is 15.5. The van der Waals surface area contributed by atoms with Crippen LogP contribution < -0.4 is 0 Å². The van der Waals surface area contributed by atoms with E-state index in [1.165, 1.54) is 27.7 Å². The molecule has 1 atom stereocenters. The Morgan fingerprint density at radius 3 is 2.69 bits per heavy atom. The maximum absolute atomic E-state index is 13.6. The Morgan fingerprint density at radius 2 is 1.93 bits per heavy atom. The third kappa shape index (κ3) is 3.15. The van der Waals surface area contributed by atoms with Gasteiger partial charge in [0, 0.05) is 48.0 Å². The number of aryl methyl sites for hydroxylation is 2. The number of hydrogen-bond donors (Lipinski definition) is 1. The van der Waals surface area contributed by atoms with Gasteiger partial charge in [-0.05, 0) is 49.6 Å². The van der Waals surface area contributed by atoms with E-state index in [0.717, 1.165) is 37.3 Å². The Bertz CT molecular complexity index is 1160. The third-order valence-electron chi connectivity index (χ3n) is 6.07. The minimum atomic E-state index is -0.201. The lowest BCUT2D eigenvalue weighted by Gasteiger charge is -2.36. The molecule has 5 rings (SSSR count). The molecule has 148 valence electrons. The zero-order chi connectivity index (χ0) is 20.0. The molecular weight excluding hydrogens is 363 g/mol. The molecule has 0 radical (unpaired) electrons. The minimum Gasteiger partial charge on any atom is -0.357 e. The molecule has 0 amide bonds. The second kappa shape index (κ2) is 7.16. The van der Waals surface area contributed by atoms with Crippen molar-refractivity contribution in [2.45, 2.75) is 39.4 Å². The predicted octanol–water partition coefficient (Wildman–Crippen LogP) is 4.98. The van der Waals surface area contributed by atoms with Gasteiger partial charge in [-0.2, -0.15) is 5.10 Å². The Kier molecular flexibility index (Phi) is 4.47. The molecule has 0 bridgehead atoms. The summed E-state index contributed by atoms with van der Waals surface area (Å²) in [5, 5.41) is 5.91. The van der Waals surface area contributed by atoms with E-state index in [2.05, 4.69) is 59.3 Å². The second-order valence-corrected chi connectivity index (χ2v) is 7.83. The van der Waals surface area contributed by atoms with Crippen LogP contribution >= 0.6 is 0 Å². The van der Waals surface area contributed by atoms with Crippen molar-refractivity contribution in [3.63, 3.8) is 0 Å². The zero-order valence-corrected chi connectivity index (χ0v) is 16.8. The van der Waals surface area contributed by atoms with Crippen LogP contribution in [0.25, 0.3) is 10.9 Å². The van der Waals surface area contributed by atoms with E-state index in [4.69, 9.17) is 0 Å². The van der Waals surface area contributed by atoms with Gasteiger partial charge in [-0.25, -0.2) is 4.39 Å². The van der Waals surface area contributed by atoms with Crippen molar-refractivity contribution in [2.24, 2.45) is 0 Å². The van der Waals surface area contributed by atoms with Crippen LogP contribution in [-0.2, 0) is 19.5 Å². The van der Waals surface area contributed by atoms with Gasteiger partial charge >= 0.3 is 0 Å². The number of fused-ring (bicyclic) bond motifs is 3. The van der Waals surface area contributed by atoms with Crippen LogP contribution in [0, 0.1) is 12.7 Å². The fraction of sp³-hybridized carbons (Fsp3) is 0.292. The molecule has 3 heterocycles. The zero-order valence-electron chi connectivity index (χ0n) is 16.8. The first-order chi connectivity index (χ1) is 14.1. The van der Waals surface area contributed by atoms with Gasteiger partial charge in [-0.15, -0.1) is 0 Å². The Balaban J connectivity index is 1.60. The molecule has 2 aromatic heterocycles. The number of hydrogen-bond acceptors (Lipinski definition) is 2. The topological polar surface area (TPSA) is 36.9 Å². The summed E-state index contributed by atoms with van der Waals surface area (Å²) in [5.74, 6) is -0.201. The number of para-hydroxylation sites is 1. The average Bonchev–Trinajstić information content (AvgIpc) is 3.29. The van der Waals surface area contributed by atoms with Gasteiger partial charge in [0.2, 0.25) is 0 Å². The summed E-state index contributed by atoms with van der Waals surface area (Å²) < 4.78 is 15.6. The normalized spacial score (nSPS) is 17.0. The number of aromatic nitrogens is 3. The van der Waals surface area contributed by atoms with Crippen LogP contribution in [0.5, 0.6) is 0 Å². The van der Waals surface area contributed by atoms with Crippen LogP contribution in [-0.4, -0.2) is 26.2 Å². The molecule has 2 aromatic carbocycles. The number of H-pyrrole nitrogens is 1. The highest BCUT2D eigenvalue weighted by molar-refractivity contribution is 5.85. The highest BCUT2D eigenvalue weighted by Gasteiger charge is 2.32. The van der Waals surface area contributed by atoms with Crippen molar-refractivity contribution in [3.05, 3.63) is 88.6 Å². The van der Waals surface area contributed by atoms with Crippen molar-refractivity contribution in [1.82, 2.24) is 19.7 Å². The maximum Gasteiger partial charge on any atom is 0.123 e. The molecule has 4 nitrogen and oxygen atoms in total. The van der Waals surface area contributed by atoms with E-state index < -0.39 is 0 Å². The first-order valence-corrected chi connectivity index (χ1v) is 10.3. The standard InChI is InChI=1S/C24H25FN4/c1-3-29-15-18(16(2)27-29)14-28-13-12-21-20-6-4-5-7-22(20)26-23(21)24(28)17-8-10-19(25)11-9-17/h4-11,15,24,26H,3,12-14H2,1-2H3/t24-/m0/s1. The van der Waals surface area contributed by atoms with Crippen LogP contribution in [0.15, 0.2) is 54.7 Å². The summed E-state index contributed by atoms with van der Waals surface area (Å²) in [7, 11) is 0. The fourth-order valence-electron chi connectivity index (χ4n) is 4.58. The summed E-state index contributed by atoms with van der Waals surface area (Å²) in [6.45, 7) is 6.83. The van der Waals surface area contributed by atoms with Gasteiger partial charge < -0.3 is 4.98 Å². The molecule has 29 heavy (non-hydrogen) atoms. The van der Waals surface area contributed by atoms with Crippen molar-refractivity contribution in [1.29, 1.82) is 0 Å². The van der Waals surface area contributed by atoms with Gasteiger partial charge in [0.25, 0.3) is 0 Å². The van der Waals surface area contributed by atoms with Crippen molar-refractivity contribution in [2.75, 3.05) is 6.54 Å². The molecule has 0 aliphatic carbocycles. The van der Waals surface area contributed by atoms with E-state index in [9.17, 15) is 4.39 Å². The van der Waals surface area contributed by atoms with E-state index in [1.807, 2.05) is 16.8 Å². The Morgan fingerprint density at radius 1 is 1.14 bits per heavy atom. The molecule has 1 aliphatic rings. The number of benzene rings is 2. The summed E-state index contributed by atoms with van der Waals surface area (Å²) in [6.07, 6.45) is 3.15. The fourth-order valence-corrected chi connectivity index (χ4v) is 4.58. The number of rotatable bonds is 4. The number of nitrogens with one attached hydrogen (secondary N) is 1. The van der Waals surface area contributed by atoms with Crippen LogP contribution in [0.1, 0.15) is 41.0 Å². The number of aromatic amines is 1. The third-order valence-corrected chi connectivity index (χ3v) is 6.07. The minimum absolute atomic E-state index is 0.0659. The maximum atomic E-state index is 13.6. The van der Waals surface area contributed by atoms with Crippen LogP contribution in [0.2, 0.25) is 0 Å². The first kappa shape index (κ1) is 18.1. The molecule has 0 spiro atoms. The SMILES string of the molecule is CCn1cc(CN2CCc3c([nH]c4ccccc34)[C@@H]2c2ccc(F)cc2)c(C)n1. The lowest BCUT2D eigenvalue weighted by molar-refractivity contribution is 0.201. The lowest BCUT2D eigenvalue weighted by Crippen LogP contribution is -2.35. The lowest BCUT2D eigenvalue weighted by atomic mass is 9.92. The smallest absolute Gasteiger partial charge is 0.123 e. The van der Waals surface area contributed by atoms with Gasteiger partial charge in [-0.1, -0.05) is 30.3 Å². The number of halogens is 1. The van der Waals surface area contributed by atoms with Crippen LogP contribution in [0.3, 0.4) is 0 Å². The van der Waals surface area contributed by atoms with Crippen LogP contribution in [0.4, 0.5) is 4.39 Å². The molecule has 1 N–H and O–H groups in total. The van der Waals surface area contributed by atoms with E-state index in [-0.39, 0.29) is 11.9 Å². The Hall–Kier alpha value is -2.92. The first-order valence-electron chi connectivity index (χ1n) is 10.3. The van der Waals surface area contributed by atoms with E-state index in [0.29, 0.717) is 0 Å². The predicted molar refractivity (Wildman–Crippen MR) is 113 cm³/mol. The van der Waals surface area contributed by atoms with Crippen molar-refractivity contribution in [3.8, 4) is 0 Å². The van der Waals surface area contributed by atoms with Gasteiger partial charge in [-0.3, -0.25) is 9.58 Å². The van der Waals surface area contributed by atoms with Crippen molar-refractivity contribution >= 4 is 10.9 Å². The van der Waals surface area contributed by atoms with Crippen molar-refractivity contribution < 1.29 is 4.39 Å². The molecule has 0 unspecified atom stereocenters. The molecule has 0 saturated carbocycles. The summed E-state index contributed by atoms with van der Waals surface area (Å²) in [5.41, 5.74) is 7.21. The molecule has 5 heteroatoms. The Labute approximate surface area is 170 Å². The quantitative estimate of drug-likeness (QED) is 0.535. The molecule has 4 aromatic rings. The molecule has 0 fully saturated rings. The number of nitrogens with zero attached hydrogens (tertiary/aromatic N) is 3. The second-order valence-electron chi connectivity index (χ2n) is 7.83. The van der Waals surface area contributed by atoms with Gasteiger partial charge in [0.15, 0.2) is 0 Å². The molecule has 0 saturated heterocycles. The summed E-state index contributed by atoms with van der Waals surface area (Å²) in [4.78, 5) is 6.15. The van der Waals surface area contributed by atoms with E-state index in [1.54, 1.807) is 12.1 Å². The average molecular weight is 388 g/mol. The van der Waals surface area contributed by atoms with Gasteiger partial charge in [0.1, 0.15) is 5.82 Å².